The van der Waals surface area contributed by atoms with Gasteiger partial charge in [-0.05, 0) is 56.5 Å². The zero-order chi connectivity index (χ0) is 24.9. The quantitative estimate of drug-likeness (QED) is 0.349. The van der Waals surface area contributed by atoms with Crippen LogP contribution in [0.15, 0.2) is 69.6 Å². The Balaban J connectivity index is 1.79. The number of hydrogen-bond donors (Lipinski definition) is 0. The Hall–Kier alpha value is -3.45. The van der Waals surface area contributed by atoms with Gasteiger partial charge in [0.2, 0.25) is 0 Å². The molecule has 4 rings (SSSR count). The molecule has 0 bridgehead atoms. The summed E-state index contributed by atoms with van der Waals surface area (Å²) in [6, 6.07) is 15.0. The summed E-state index contributed by atoms with van der Waals surface area (Å²) >= 11 is 1.32. The molecule has 0 radical (unpaired) electrons. The van der Waals surface area contributed by atoms with E-state index in [-0.39, 0.29) is 12.2 Å². The Morgan fingerprint density at radius 3 is 2.46 bits per heavy atom. The summed E-state index contributed by atoms with van der Waals surface area (Å²) in [4.78, 5) is 31.7. The standard InChI is InChI=1S/C28H30N2O4S/c1-5-7-16-34-22-14-10-20(11-15-22)17-23-26(31)30-25(21-12-8-18(3)9-13-21)24(27(32)33-6-2)19(4)29-28(30)35-23/h8-15,17,25H,5-7,16H2,1-4H3/b23-17+/t25-/m1/s1. The second-order valence-electron chi connectivity index (χ2n) is 8.48. The predicted molar refractivity (Wildman–Crippen MR) is 138 cm³/mol. The lowest BCUT2D eigenvalue weighted by Crippen LogP contribution is -2.39. The van der Waals surface area contributed by atoms with E-state index in [9.17, 15) is 9.59 Å². The molecular weight excluding hydrogens is 460 g/mol. The second kappa shape index (κ2) is 10.9. The summed E-state index contributed by atoms with van der Waals surface area (Å²) in [5, 5.41) is 0. The minimum Gasteiger partial charge on any atom is -0.494 e. The fraction of sp³-hybridized carbons (Fsp3) is 0.321. The molecule has 182 valence electrons. The van der Waals surface area contributed by atoms with Crippen molar-refractivity contribution >= 4 is 23.4 Å². The summed E-state index contributed by atoms with van der Waals surface area (Å²) < 4.78 is 13.2. The highest BCUT2D eigenvalue weighted by Crippen LogP contribution is 2.30. The summed E-state index contributed by atoms with van der Waals surface area (Å²) in [5.74, 6) is 0.360. The third kappa shape index (κ3) is 5.30. The third-order valence-corrected chi connectivity index (χ3v) is 6.84. The first-order valence-electron chi connectivity index (χ1n) is 11.9. The third-order valence-electron chi connectivity index (χ3n) is 5.85. The van der Waals surface area contributed by atoms with Gasteiger partial charge in [0.05, 0.1) is 35.1 Å². The number of fused-ring (bicyclic) bond motifs is 1. The summed E-state index contributed by atoms with van der Waals surface area (Å²) in [5.41, 5.74) is 3.61. The highest BCUT2D eigenvalue weighted by atomic mass is 32.1. The van der Waals surface area contributed by atoms with Gasteiger partial charge in [-0.2, -0.15) is 0 Å². The van der Waals surface area contributed by atoms with Gasteiger partial charge in [0.15, 0.2) is 4.80 Å². The Bertz CT molecular complexity index is 1410. The minimum absolute atomic E-state index is 0.183. The van der Waals surface area contributed by atoms with E-state index in [4.69, 9.17) is 9.47 Å². The van der Waals surface area contributed by atoms with E-state index in [1.165, 1.54) is 11.3 Å². The van der Waals surface area contributed by atoms with E-state index in [1.54, 1.807) is 18.4 Å². The van der Waals surface area contributed by atoms with Crippen LogP contribution in [0, 0.1) is 6.92 Å². The van der Waals surface area contributed by atoms with Crippen molar-refractivity contribution in [2.24, 2.45) is 4.99 Å². The van der Waals surface area contributed by atoms with Crippen molar-refractivity contribution in [3.05, 3.63) is 96.2 Å². The summed E-state index contributed by atoms with van der Waals surface area (Å²) in [6.07, 6.45) is 3.95. The molecule has 35 heavy (non-hydrogen) atoms. The van der Waals surface area contributed by atoms with E-state index in [2.05, 4.69) is 11.9 Å². The Labute approximate surface area is 208 Å². The van der Waals surface area contributed by atoms with Crippen LogP contribution in [-0.4, -0.2) is 23.8 Å². The number of ether oxygens (including phenoxy) is 2. The van der Waals surface area contributed by atoms with Crippen molar-refractivity contribution in [1.29, 1.82) is 0 Å². The molecule has 1 aliphatic heterocycles. The van der Waals surface area contributed by atoms with Crippen molar-refractivity contribution in [1.82, 2.24) is 4.57 Å². The maximum absolute atomic E-state index is 13.6. The lowest BCUT2D eigenvalue weighted by atomic mass is 9.95. The van der Waals surface area contributed by atoms with Crippen LogP contribution < -0.4 is 19.6 Å². The van der Waals surface area contributed by atoms with E-state index in [0.717, 1.165) is 35.3 Å². The smallest absolute Gasteiger partial charge is 0.338 e. The SMILES string of the molecule is CCCCOc1ccc(/C=c2/sc3n(c2=O)[C@H](c2ccc(C)cc2)C(C(=O)OCC)=C(C)N=3)cc1. The molecule has 3 aromatic rings. The number of carbonyl (C=O) groups excluding carboxylic acids is 1. The molecule has 0 saturated heterocycles. The number of unbranched alkanes of at least 4 members (excludes halogenated alkanes) is 1. The lowest BCUT2D eigenvalue weighted by Gasteiger charge is -2.24. The number of aryl methyl sites for hydroxylation is 1. The van der Waals surface area contributed by atoms with E-state index in [1.807, 2.05) is 61.5 Å². The van der Waals surface area contributed by atoms with Crippen LogP contribution in [0.25, 0.3) is 6.08 Å². The molecule has 0 saturated carbocycles. The van der Waals surface area contributed by atoms with Gasteiger partial charge < -0.3 is 9.47 Å². The molecule has 1 atom stereocenters. The first-order valence-corrected chi connectivity index (χ1v) is 12.7. The fourth-order valence-electron chi connectivity index (χ4n) is 4.00. The van der Waals surface area contributed by atoms with Crippen molar-refractivity contribution in [3.63, 3.8) is 0 Å². The van der Waals surface area contributed by atoms with Crippen LogP contribution in [-0.2, 0) is 9.53 Å². The molecule has 7 heteroatoms. The van der Waals surface area contributed by atoms with Crippen molar-refractivity contribution < 1.29 is 14.3 Å². The number of esters is 1. The number of thiazole rings is 1. The molecular formula is C28H30N2O4S. The number of aromatic nitrogens is 1. The first-order chi connectivity index (χ1) is 16.9. The number of nitrogens with zero attached hydrogens (tertiary/aromatic N) is 2. The largest absolute Gasteiger partial charge is 0.494 e. The average molecular weight is 491 g/mol. The zero-order valence-corrected chi connectivity index (χ0v) is 21.4. The van der Waals surface area contributed by atoms with E-state index >= 15 is 0 Å². The van der Waals surface area contributed by atoms with E-state index in [0.29, 0.717) is 27.2 Å². The van der Waals surface area contributed by atoms with Crippen molar-refractivity contribution in [2.75, 3.05) is 13.2 Å². The van der Waals surface area contributed by atoms with Crippen LogP contribution in [0.1, 0.15) is 56.3 Å². The first kappa shape index (κ1) is 24.7. The second-order valence-corrected chi connectivity index (χ2v) is 9.49. The van der Waals surface area contributed by atoms with Crippen molar-refractivity contribution in [3.8, 4) is 5.75 Å². The molecule has 0 N–H and O–H groups in total. The number of benzene rings is 2. The van der Waals surface area contributed by atoms with E-state index < -0.39 is 12.0 Å². The number of carbonyl (C=O) groups is 1. The molecule has 1 aliphatic rings. The van der Waals surface area contributed by atoms with Crippen LogP contribution >= 0.6 is 11.3 Å². The topological polar surface area (TPSA) is 69.9 Å². The van der Waals surface area contributed by atoms with Gasteiger partial charge in [0.25, 0.3) is 5.56 Å². The van der Waals surface area contributed by atoms with Gasteiger partial charge >= 0.3 is 5.97 Å². The van der Waals surface area contributed by atoms with Gasteiger partial charge in [-0.15, -0.1) is 0 Å². The number of rotatable bonds is 8. The fourth-order valence-corrected chi connectivity index (χ4v) is 5.05. The molecule has 2 aromatic carbocycles. The molecule has 2 heterocycles. The van der Waals surface area contributed by atoms with Crippen LogP contribution in [0.4, 0.5) is 0 Å². The molecule has 6 nitrogen and oxygen atoms in total. The summed E-state index contributed by atoms with van der Waals surface area (Å²) in [6.45, 7) is 8.63. The van der Waals surface area contributed by atoms with Crippen LogP contribution in [0.3, 0.4) is 0 Å². The molecule has 1 aromatic heterocycles. The van der Waals surface area contributed by atoms with Gasteiger partial charge in [-0.3, -0.25) is 9.36 Å². The number of allylic oxidation sites excluding steroid dienone is 1. The highest BCUT2D eigenvalue weighted by Gasteiger charge is 2.33. The predicted octanol–water partition coefficient (Wildman–Crippen LogP) is 4.29. The molecule has 0 spiro atoms. The lowest BCUT2D eigenvalue weighted by molar-refractivity contribution is -0.139. The Morgan fingerprint density at radius 2 is 1.80 bits per heavy atom. The van der Waals surface area contributed by atoms with Crippen LogP contribution in [0.5, 0.6) is 5.75 Å². The molecule has 0 unspecified atom stereocenters. The van der Waals surface area contributed by atoms with Gasteiger partial charge in [-0.1, -0.05) is 66.6 Å². The van der Waals surface area contributed by atoms with Crippen molar-refractivity contribution in [2.45, 2.75) is 46.6 Å². The van der Waals surface area contributed by atoms with Gasteiger partial charge in [0, 0.05) is 0 Å². The Morgan fingerprint density at radius 1 is 1.09 bits per heavy atom. The van der Waals surface area contributed by atoms with Gasteiger partial charge in [0.1, 0.15) is 5.75 Å². The average Bonchev–Trinajstić information content (AvgIpc) is 3.14. The zero-order valence-electron chi connectivity index (χ0n) is 20.5. The minimum atomic E-state index is -0.595. The van der Waals surface area contributed by atoms with Gasteiger partial charge in [-0.25, -0.2) is 9.79 Å². The maximum Gasteiger partial charge on any atom is 0.338 e. The highest BCUT2D eigenvalue weighted by molar-refractivity contribution is 7.07. The number of hydrogen-bond acceptors (Lipinski definition) is 6. The Kier molecular flexibility index (Phi) is 7.66. The van der Waals surface area contributed by atoms with Crippen LogP contribution in [0.2, 0.25) is 0 Å². The molecule has 0 aliphatic carbocycles. The maximum atomic E-state index is 13.6. The normalized spacial score (nSPS) is 15.5. The molecule has 0 amide bonds. The summed E-state index contributed by atoms with van der Waals surface area (Å²) in [7, 11) is 0. The molecule has 0 fully saturated rings. The monoisotopic (exact) mass is 490 g/mol.